The van der Waals surface area contributed by atoms with Gasteiger partial charge in [0.15, 0.2) is 0 Å². The van der Waals surface area contributed by atoms with E-state index in [0.717, 1.165) is 42.8 Å². The molecule has 0 unspecified atom stereocenters. The minimum absolute atomic E-state index is 0.0503. The second-order valence-electron chi connectivity index (χ2n) is 6.86. The number of benzene rings is 1. The number of nitrogens with zero attached hydrogens (tertiary/aromatic N) is 3. The molecule has 4 rings (SSSR count). The van der Waals surface area contributed by atoms with Gasteiger partial charge in [0, 0.05) is 30.1 Å². The molecule has 2 heterocycles. The van der Waals surface area contributed by atoms with Crippen LogP contribution in [0.1, 0.15) is 46.8 Å². The van der Waals surface area contributed by atoms with E-state index in [2.05, 4.69) is 5.10 Å². The minimum atomic E-state index is 0.0503. The summed E-state index contributed by atoms with van der Waals surface area (Å²) in [6, 6.07) is 5.98. The van der Waals surface area contributed by atoms with Crippen LogP contribution in [0.4, 0.5) is 0 Å². The Morgan fingerprint density at radius 3 is 2.75 bits per heavy atom. The fourth-order valence-electron chi connectivity index (χ4n) is 3.33. The average Bonchev–Trinajstić information content (AvgIpc) is 3.15. The van der Waals surface area contributed by atoms with Crippen LogP contribution in [-0.4, -0.2) is 39.7 Å². The summed E-state index contributed by atoms with van der Waals surface area (Å²) >= 11 is 6.27. The van der Waals surface area contributed by atoms with Crippen molar-refractivity contribution in [2.24, 2.45) is 5.73 Å². The third-order valence-corrected chi connectivity index (χ3v) is 5.32. The number of amides is 1. The van der Waals surface area contributed by atoms with Crippen molar-refractivity contribution in [1.29, 1.82) is 0 Å². The van der Waals surface area contributed by atoms with E-state index in [-0.39, 0.29) is 11.9 Å². The number of likely N-dealkylation sites (tertiary alicyclic amines) is 1. The van der Waals surface area contributed by atoms with E-state index < -0.39 is 0 Å². The molecule has 0 bridgehead atoms. The number of halogens is 1. The van der Waals surface area contributed by atoms with Gasteiger partial charge in [0.25, 0.3) is 5.91 Å². The van der Waals surface area contributed by atoms with Gasteiger partial charge >= 0.3 is 0 Å². The zero-order valence-electron chi connectivity index (χ0n) is 13.7. The molecule has 0 spiro atoms. The summed E-state index contributed by atoms with van der Waals surface area (Å²) in [4.78, 5) is 14.7. The summed E-state index contributed by atoms with van der Waals surface area (Å²) < 4.78 is 1.88. The van der Waals surface area contributed by atoms with Gasteiger partial charge in [0.1, 0.15) is 0 Å². The van der Waals surface area contributed by atoms with Crippen molar-refractivity contribution in [3.8, 4) is 5.69 Å². The predicted molar refractivity (Wildman–Crippen MR) is 93.8 cm³/mol. The lowest BCUT2D eigenvalue weighted by Gasteiger charge is -2.16. The van der Waals surface area contributed by atoms with Crippen LogP contribution >= 0.6 is 11.6 Å². The summed E-state index contributed by atoms with van der Waals surface area (Å²) in [5, 5.41) is 5.22. The molecular formula is C18H21ClN4O. The maximum Gasteiger partial charge on any atom is 0.257 e. The first-order valence-corrected chi connectivity index (χ1v) is 8.81. The Bertz CT molecular complexity index is 796. The molecule has 2 fully saturated rings. The Morgan fingerprint density at radius 2 is 2.12 bits per heavy atom. The van der Waals surface area contributed by atoms with Crippen LogP contribution in [0, 0.1) is 6.92 Å². The Hall–Kier alpha value is -1.85. The Kier molecular flexibility index (Phi) is 3.85. The second-order valence-corrected chi connectivity index (χ2v) is 7.27. The average molecular weight is 345 g/mol. The van der Waals surface area contributed by atoms with Crippen molar-refractivity contribution in [1.82, 2.24) is 14.7 Å². The van der Waals surface area contributed by atoms with Crippen LogP contribution in [0.15, 0.2) is 24.4 Å². The van der Waals surface area contributed by atoms with E-state index in [4.69, 9.17) is 17.3 Å². The van der Waals surface area contributed by atoms with Crippen LogP contribution in [0.25, 0.3) is 5.69 Å². The van der Waals surface area contributed by atoms with Gasteiger partial charge in [-0.2, -0.15) is 5.10 Å². The van der Waals surface area contributed by atoms with Crippen LogP contribution in [-0.2, 0) is 0 Å². The fraction of sp³-hybridized carbons (Fsp3) is 0.444. The van der Waals surface area contributed by atoms with Gasteiger partial charge in [-0.15, -0.1) is 0 Å². The topological polar surface area (TPSA) is 64.2 Å². The molecule has 1 aromatic heterocycles. The van der Waals surface area contributed by atoms with Gasteiger partial charge < -0.3 is 10.6 Å². The molecule has 1 saturated carbocycles. The summed E-state index contributed by atoms with van der Waals surface area (Å²) in [6.45, 7) is 3.33. The maximum absolute atomic E-state index is 12.9. The minimum Gasteiger partial charge on any atom is -0.337 e. The first-order chi connectivity index (χ1) is 11.5. The van der Waals surface area contributed by atoms with Crippen molar-refractivity contribution in [3.05, 3.63) is 46.2 Å². The van der Waals surface area contributed by atoms with Gasteiger partial charge in [0.2, 0.25) is 0 Å². The van der Waals surface area contributed by atoms with Crippen LogP contribution in [0.2, 0.25) is 5.02 Å². The Labute approximate surface area is 146 Å². The van der Waals surface area contributed by atoms with Gasteiger partial charge in [-0.25, -0.2) is 4.68 Å². The van der Waals surface area contributed by atoms with E-state index in [0.29, 0.717) is 23.0 Å². The lowest BCUT2D eigenvalue weighted by molar-refractivity contribution is 0.0789. The molecule has 2 aliphatic rings. The summed E-state index contributed by atoms with van der Waals surface area (Å²) in [5.74, 6) is 0.456. The lowest BCUT2D eigenvalue weighted by atomic mass is 10.1. The quantitative estimate of drug-likeness (QED) is 0.931. The molecule has 0 radical (unpaired) electrons. The highest BCUT2D eigenvalue weighted by Crippen LogP contribution is 2.43. The van der Waals surface area contributed by atoms with Crippen molar-refractivity contribution >= 4 is 17.5 Å². The van der Waals surface area contributed by atoms with Crippen LogP contribution in [0.3, 0.4) is 0 Å². The van der Waals surface area contributed by atoms with Crippen LogP contribution in [0.5, 0.6) is 0 Å². The molecule has 24 heavy (non-hydrogen) atoms. The number of nitrogens with two attached hydrogens (primary N) is 1. The second kappa shape index (κ2) is 5.90. The number of aromatic nitrogens is 2. The summed E-state index contributed by atoms with van der Waals surface area (Å²) in [5.41, 5.74) is 9.61. The predicted octanol–water partition coefficient (Wildman–Crippen LogP) is 2.88. The van der Waals surface area contributed by atoms with Crippen molar-refractivity contribution in [2.45, 2.75) is 38.1 Å². The monoisotopic (exact) mass is 344 g/mol. The summed E-state index contributed by atoms with van der Waals surface area (Å²) in [7, 11) is 0. The van der Waals surface area contributed by atoms with Gasteiger partial charge in [-0.1, -0.05) is 17.7 Å². The molecule has 1 amide bonds. The smallest absolute Gasteiger partial charge is 0.257 e. The van der Waals surface area contributed by atoms with Gasteiger partial charge in [-0.3, -0.25) is 4.79 Å². The fourth-order valence-corrected chi connectivity index (χ4v) is 3.51. The van der Waals surface area contributed by atoms with Crippen molar-refractivity contribution in [3.63, 3.8) is 0 Å². The molecule has 2 N–H and O–H groups in total. The first-order valence-electron chi connectivity index (χ1n) is 8.44. The van der Waals surface area contributed by atoms with E-state index in [1.807, 2.05) is 34.7 Å². The van der Waals surface area contributed by atoms with E-state index in [1.165, 1.54) is 0 Å². The molecule has 1 aliphatic heterocycles. The third-order valence-electron chi connectivity index (χ3n) is 4.91. The highest BCUT2D eigenvalue weighted by atomic mass is 35.5. The number of carbonyl (C=O) groups excluding carboxylic acids is 1. The zero-order chi connectivity index (χ0) is 16.8. The van der Waals surface area contributed by atoms with Crippen molar-refractivity contribution < 1.29 is 4.79 Å². The van der Waals surface area contributed by atoms with E-state index in [1.54, 1.807) is 6.20 Å². The largest absolute Gasteiger partial charge is 0.337 e. The highest BCUT2D eigenvalue weighted by Gasteiger charge is 2.35. The normalized spacial score (nSPS) is 20.6. The molecule has 1 aliphatic carbocycles. The summed E-state index contributed by atoms with van der Waals surface area (Å²) in [6.07, 6.45) is 4.77. The third kappa shape index (κ3) is 2.72. The number of rotatable bonds is 3. The molecule has 1 aromatic carbocycles. The molecule has 1 atom stereocenters. The van der Waals surface area contributed by atoms with E-state index >= 15 is 0 Å². The number of hydrogen-bond donors (Lipinski definition) is 1. The SMILES string of the molecule is Cc1ccc(-n2ncc(C(=O)N3CC[C@@H](N)C3)c2C2CC2)cc1Cl. The Morgan fingerprint density at radius 1 is 1.33 bits per heavy atom. The zero-order valence-corrected chi connectivity index (χ0v) is 14.5. The highest BCUT2D eigenvalue weighted by molar-refractivity contribution is 6.31. The lowest BCUT2D eigenvalue weighted by Crippen LogP contribution is -2.32. The molecular weight excluding hydrogens is 324 g/mol. The Balaban J connectivity index is 1.73. The standard InChI is InChI=1S/C18H21ClN4O/c1-11-2-5-14(8-16(11)19)23-17(12-3-4-12)15(9-21-23)18(24)22-7-6-13(20)10-22/h2,5,8-9,12-13H,3-4,6-7,10,20H2,1H3/t13-/m1/s1. The molecule has 2 aromatic rings. The molecule has 1 saturated heterocycles. The van der Waals surface area contributed by atoms with Gasteiger partial charge in [0.05, 0.1) is 23.1 Å². The molecule has 6 heteroatoms. The number of carbonyl (C=O) groups is 1. The van der Waals surface area contributed by atoms with Crippen LogP contribution < -0.4 is 5.73 Å². The number of hydrogen-bond acceptors (Lipinski definition) is 3. The molecule has 126 valence electrons. The number of aryl methyl sites for hydroxylation is 1. The van der Waals surface area contributed by atoms with Crippen molar-refractivity contribution in [2.75, 3.05) is 13.1 Å². The van der Waals surface area contributed by atoms with E-state index in [9.17, 15) is 4.79 Å². The van der Waals surface area contributed by atoms with Gasteiger partial charge in [-0.05, 0) is 43.9 Å². The first kappa shape index (κ1) is 15.7. The molecule has 5 nitrogen and oxygen atoms in total. The maximum atomic E-state index is 12.9.